The second-order valence-corrected chi connectivity index (χ2v) is 7.77. The predicted octanol–water partition coefficient (Wildman–Crippen LogP) is 3.33. The van der Waals surface area contributed by atoms with Gasteiger partial charge in [0.05, 0.1) is 22.7 Å². The minimum absolute atomic E-state index is 0.0548. The Labute approximate surface area is 157 Å². The molecule has 2 fully saturated rings. The normalized spacial score (nSPS) is 20.2. The fraction of sp³-hybridized carbons (Fsp3) is 0.450. The molecule has 4 rings (SSSR count). The molecule has 1 saturated carbocycles. The molecule has 1 aromatic carbocycles. The number of likely N-dealkylation sites (tertiary alicyclic amines) is 1. The molecule has 1 N–H and O–H groups in total. The van der Waals surface area contributed by atoms with Crippen LogP contribution in [0.25, 0.3) is 10.9 Å². The van der Waals surface area contributed by atoms with Gasteiger partial charge in [-0.3, -0.25) is 14.6 Å². The lowest BCUT2D eigenvalue weighted by Crippen LogP contribution is -2.46. The van der Waals surface area contributed by atoms with Gasteiger partial charge in [-0.15, -0.1) is 0 Å². The molecule has 0 spiro atoms. The molecule has 2 aromatic rings. The van der Waals surface area contributed by atoms with E-state index in [2.05, 4.69) is 10.3 Å². The Balaban J connectivity index is 1.55. The van der Waals surface area contributed by atoms with Crippen molar-refractivity contribution in [3.05, 3.63) is 40.5 Å². The largest absolute Gasteiger partial charge is 0.353 e. The van der Waals surface area contributed by atoms with Gasteiger partial charge in [-0.2, -0.15) is 0 Å². The number of nitrogens with one attached hydrogen (secondary N) is 1. The molecular weight excluding hydrogens is 350 g/mol. The lowest BCUT2D eigenvalue weighted by Gasteiger charge is -2.32. The average Bonchev–Trinajstić information content (AvgIpc) is 3.45. The third-order valence-electron chi connectivity index (χ3n) is 5.20. The van der Waals surface area contributed by atoms with E-state index >= 15 is 0 Å². The number of halogens is 1. The van der Waals surface area contributed by atoms with Gasteiger partial charge in [0.25, 0.3) is 5.91 Å². The molecule has 6 heteroatoms. The number of fused-ring (bicyclic) bond motifs is 1. The third kappa shape index (κ3) is 3.54. The zero-order chi connectivity index (χ0) is 18.3. The SMILES string of the molecule is Cc1nc2ccc(Cl)cc2cc1C(=O)N1CCC[C@H](C(=O)NC2CC2)C1. The number of piperidine rings is 1. The van der Waals surface area contributed by atoms with Crippen LogP contribution in [-0.2, 0) is 4.79 Å². The summed E-state index contributed by atoms with van der Waals surface area (Å²) in [5.74, 6) is -0.0811. The van der Waals surface area contributed by atoms with Crippen molar-refractivity contribution in [1.82, 2.24) is 15.2 Å². The first-order valence-corrected chi connectivity index (χ1v) is 9.55. The molecule has 0 radical (unpaired) electrons. The van der Waals surface area contributed by atoms with E-state index in [-0.39, 0.29) is 17.7 Å². The van der Waals surface area contributed by atoms with Gasteiger partial charge in [-0.1, -0.05) is 11.6 Å². The lowest BCUT2D eigenvalue weighted by atomic mass is 9.96. The Bertz CT molecular complexity index is 879. The summed E-state index contributed by atoms with van der Waals surface area (Å²) in [6.45, 7) is 3.01. The van der Waals surface area contributed by atoms with Crippen LogP contribution in [0.4, 0.5) is 0 Å². The smallest absolute Gasteiger partial charge is 0.255 e. The number of hydrogen-bond acceptors (Lipinski definition) is 3. The van der Waals surface area contributed by atoms with Gasteiger partial charge in [0.2, 0.25) is 5.91 Å². The van der Waals surface area contributed by atoms with Crippen LogP contribution in [0.5, 0.6) is 0 Å². The molecule has 5 nitrogen and oxygen atoms in total. The standard InChI is InChI=1S/C20H22ClN3O2/c1-12-17(10-14-9-15(21)4-7-18(14)22-12)20(26)24-8-2-3-13(11-24)19(25)23-16-5-6-16/h4,7,9-10,13,16H,2-3,5-6,8,11H2,1H3,(H,23,25)/t13-/m0/s1. The molecular formula is C20H22ClN3O2. The summed E-state index contributed by atoms with van der Waals surface area (Å²) in [5.41, 5.74) is 2.11. The van der Waals surface area contributed by atoms with Crippen LogP contribution in [0.1, 0.15) is 41.7 Å². The van der Waals surface area contributed by atoms with Gasteiger partial charge in [0, 0.05) is 29.5 Å². The average molecular weight is 372 g/mol. The lowest BCUT2D eigenvalue weighted by molar-refractivity contribution is -0.126. The number of aromatic nitrogens is 1. The van der Waals surface area contributed by atoms with E-state index in [9.17, 15) is 9.59 Å². The highest BCUT2D eigenvalue weighted by atomic mass is 35.5. The molecule has 1 saturated heterocycles. The zero-order valence-electron chi connectivity index (χ0n) is 14.8. The monoisotopic (exact) mass is 371 g/mol. The van der Waals surface area contributed by atoms with E-state index < -0.39 is 0 Å². The number of carbonyl (C=O) groups is 2. The minimum Gasteiger partial charge on any atom is -0.353 e. The van der Waals surface area contributed by atoms with E-state index in [4.69, 9.17) is 11.6 Å². The first kappa shape index (κ1) is 17.3. The van der Waals surface area contributed by atoms with Crippen molar-refractivity contribution in [3.63, 3.8) is 0 Å². The van der Waals surface area contributed by atoms with Gasteiger partial charge in [0.1, 0.15) is 0 Å². The summed E-state index contributed by atoms with van der Waals surface area (Å²) in [4.78, 5) is 31.8. The van der Waals surface area contributed by atoms with Crippen LogP contribution in [0.2, 0.25) is 5.02 Å². The number of nitrogens with zero attached hydrogens (tertiary/aromatic N) is 2. The Morgan fingerprint density at radius 3 is 2.81 bits per heavy atom. The number of hydrogen-bond donors (Lipinski definition) is 1. The molecule has 26 heavy (non-hydrogen) atoms. The number of benzene rings is 1. The number of pyridine rings is 1. The van der Waals surface area contributed by atoms with Crippen molar-refractivity contribution >= 4 is 34.3 Å². The zero-order valence-corrected chi connectivity index (χ0v) is 15.6. The van der Waals surface area contributed by atoms with Gasteiger partial charge in [-0.05, 0) is 56.9 Å². The molecule has 2 aliphatic rings. The second-order valence-electron chi connectivity index (χ2n) is 7.33. The minimum atomic E-state index is -0.114. The topological polar surface area (TPSA) is 62.3 Å². The Hall–Kier alpha value is -2.14. The van der Waals surface area contributed by atoms with Crippen molar-refractivity contribution in [2.75, 3.05) is 13.1 Å². The van der Waals surface area contributed by atoms with Crippen molar-refractivity contribution in [2.24, 2.45) is 5.92 Å². The molecule has 2 heterocycles. The maximum atomic E-state index is 13.1. The van der Waals surface area contributed by atoms with Crippen LogP contribution in [0.3, 0.4) is 0 Å². The van der Waals surface area contributed by atoms with Gasteiger partial charge in [0.15, 0.2) is 0 Å². The highest BCUT2D eigenvalue weighted by Gasteiger charge is 2.32. The van der Waals surface area contributed by atoms with E-state index in [0.717, 1.165) is 36.6 Å². The highest BCUT2D eigenvalue weighted by Crippen LogP contribution is 2.25. The van der Waals surface area contributed by atoms with Crippen molar-refractivity contribution in [1.29, 1.82) is 0 Å². The number of amides is 2. The molecule has 1 aromatic heterocycles. The van der Waals surface area contributed by atoms with E-state index in [1.165, 1.54) is 0 Å². The summed E-state index contributed by atoms with van der Waals surface area (Å²) < 4.78 is 0. The van der Waals surface area contributed by atoms with Crippen LogP contribution < -0.4 is 5.32 Å². The predicted molar refractivity (Wildman–Crippen MR) is 101 cm³/mol. The Morgan fingerprint density at radius 2 is 2.04 bits per heavy atom. The van der Waals surface area contributed by atoms with E-state index in [1.54, 1.807) is 11.0 Å². The fourth-order valence-corrected chi connectivity index (χ4v) is 3.73. The van der Waals surface area contributed by atoms with Gasteiger partial charge in [-0.25, -0.2) is 0 Å². The maximum Gasteiger partial charge on any atom is 0.255 e. The Kier molecular flexibility index (Phi) is 4.57. The molecule has 0 unspecified atom stereocenters. The first-order chi connectivity index (χ1) is 12.5. The summed E-state index contributed by atoms with van der Waals surface area (Å²) >= 11 is 6.07. The van der Waals surface area contributed by atoms with Crippen molar-refractivity contribution < 1.29 is 9.59 Å². The fourth-order valence-electron chi connectivity index (χ4n) is 3.55. The summed E-state index contributed by atoms with van der Waals surface area (Å²) in [6, 6.07) is 7.69. The first-order valence-electron chi connectivity index (χ1n) is 9.18. The molecule has 0 bridgehead atoms. The number of carbonyl (C=O) groups excluding carboxylic acids is 2. The van der Waals surface area contributed by atoms with Crippen molar-refractivity contribution in [3.8, 4) is 0 Å². The summed E-state index contributed by atoms with van der Waals surface area (Å²) in [6.07, 6.45) is 3.84. The Morgan fingerprint density at radius 1 is 1.23 bits per heavy atom. The molecule has 1 aliphatic carbocycles. The van der Waals surface area contributed by atoms with E-state index in [1.807, 2.05) is 25.1 Å². The summed E-state index contributed by atoms with van der Waals surface area (Å²) in [5, 5.41) is 4.54. The number of aryl methyl sites for hydroxylation is 1. The second kappa shape index (κ2) is 6.88. The molecule has 1 aliphatic heterocycles. The van der Waals surface area contributed by atoms with Gasteiger partial charge >= 0.3 is 0 Å². The van der Waals surface area contributed by atoms with Crippen LogP contribution >= 0.6 is 11.6 Å². The van der Waals surface area contributed by atoms with E-state index in [0.29, 0.717) is 35.4 Å². The molecule has 136 valence electrons. The van der Waals surface area contributed by atoms with Crippen LogP contribution in [-0.4, -0.2) is 40.8 Å². The third-order valence-corrected chi connectivity index (χ3v) is 5.44. The molecule has 2 amide bonds. The van der Waals surface area contributed by atoms with Crippen LogP contribution in [0.15, 0.2) is 24.3 Å². The molecule has 1 atom stereocenters. The van der Waals surface area contributed by atoms with Crippen LogP contribution in [0, 0.1) is 12.8 Å². The van der Waals surface area contributed by atoms with Gasteiger partial charge < -0.3 is 10.2 Å². The maximum absolute atomic E-state index is 13.1. The van der Waals surface area contributed by atoms with Crippen molar-refractivity contribution in [2.45, 2.75) is 38.6 Å². The summed E-state index contributed by atoms with van der Waals surface area (Å²) in [7, 11) is 0. The highest BCUT2D eigenvalue weighted by molar-refractivity contribution is 6.31. The quantitative estimate of drug-likeness (QED) is 0.900. The number of rotatable bonds is 3.